The topological polar surface area (TPSA) is 49.3 Å². The number of hydrogen-bond donors (Lipinski definition) is 2. The van der Waals surface area contributed by atoms with E-state index in [0.29, 0.717) is 5.56 Å². The Balaban J connectivity index is 2.29. The van der Waals surface area contributed by atoms with Crippen LogP contribution in [0.1, 0.15) is 11.6 Å². The summed E-state index contributed by atoms with van der Waals surface area (Å²) in [5.74, 6) is -0.921. The average Bonchev–Trinajstić information content (AvgIpc) is 2.39. The number of carbonyl (C=O) groups is 1. The van der Waals surface area contributed by atoms with Crippen molar-refractivity contribution in [2.45, 2.75) is 6.04 Å². The van der Waals surface area contributed by atoms with Crippen LogP contribution >= 0.6 is 31.9 Å². The SMILES string of the molecule is O=C(O)C(Nc1ccc(Br)cc1)c1ccccc1Br. The predicted molar refractivity (Wildman–Crippen MR) is 82.3 cm³/mol. The second kappa shape index (κ2) is 6.21. The zero-order valence-electron chi connectivity index (χ0n) is 9.81. The third-order valence-corrected chi connectivity index (χ3v) is 3.87. The summed E-state index contributed by atoms with van der Waals surface area (Å²) in [6.45, 7) is 0. The fourth-order valence-electron chi connectivity index (χ4n) is 1.69. The second-order valence-electron chi connectivity index (χ2n) is 3.94. The molecule has 0 aliphatic carbocycles. The van der Waals surface area contributed by atoms with E-state index < -0.39 is 12.0 Å². The first-order chi connectivity index (χ1) is 9.08. The highest BCUT2D eigenvalue weighted by Gasteiger charge is 2.21. The number of benzene rings is 2. The van der Waals surface area contributed by atoms with Crippen molar-refractivity contribution < 1.29 is 9.90 Å². The molecule has 1 atom stereocenters. The molecule has 0 bridgehead atoms. The summed E-state index contributed by atoms with van der Waals surface area (Å²) in [4.78, 5) is 11.4. The Bertz CT molecular complexity index is 584. The minimum atomic E-state index is -0.921. The Morgan fingerprint density at radius 2 is 1.68 bits per heavy atom. The molecule has 0 aliphatic rings. The number of hydrogen-bond acceptors (Lipinski definition) is 2. The van der Waals surface area contributed by atoms with Crippen LogP contribution in [-0.4, -0.2) is 11.1 Å². The number of aliphatic carboxylic acids is 1. The van der Waals surface area contributed by atoms with E-state index in [0.717, 1.165) is 14.6 Å². The van der Waals surface area contributed by atoms with E-state index in [1.54, 1.807) is 6.07 Å². The first-order valence-electron chi connectivity index (χ1n) is 5.57. The smallest absolute Gasteiger partial charge is 0.330 e. The third-order valence-electron chi connectivity index (χ3n) is 2.62. The summed E-state index contributed by atoms with van der Waals surface area (Å²) in [5.41, 5.74) is 1.45. The zero-order valence-corrected chi connectivity index (χ0v) is 13.0. The lowest BCUT2D eigenvalue weighted by Gasteiger charge is -2.17. The van der Waals surface area contributed by atoms with Crippen molar-refractivity contribution in [1.29, 1.82) is 0 Å². The lowest BCUT2D eigenvalue weighted by molar-refractivity contribution is -0.138. The number of rotatable bonds is 4. The first kappa shape index (κ1) is 14.1. The summed E-state index contributed by atoms with van der Waals surface area (Å²) < 4.78 is 1.72. The normalized spacial score (nSPS) is 11.9. The van der Waals surface area contributed by atoms with Gasteiger partial charge in [-0.2, -0.15) is 0 Å². The van der Waals surface area contributed by atoms with Crippen LogP contribution in [0.4, 0.5) is 5.69 Å². The third kappa shape index (κ3) is 3.58. The second-order valence-corrected chi connectivity index (χ2v) is 5.71. The maximum Gasteiger partial charge on any atom is 0.330 e. The monoisotopic (exact) mass is 383 g/mol. The summed E-state index contributed by atoms with van der Waals surface area (Å²) >= 11 is 6.72. The lowest BCUT2D eigenvalue weighted by Crippen LogP contribution is -2.20. The largest absolute Gasteiger partial charge is 0.479 e. The van der Waals surface area contributed by atoms with Gasteiger partial charge in [-0.15, -0.1) is 0 Å². The van der Waals surface area contributed by atoms with E-state index in [2.05, 4.69) is 37.2 Å². The molecule has 2 N–H and O–H groups in total. The minimum absolute atomic E-state index is 0.693. The van der Waals surface area contributed by atoms with Gasteiger partial charge < -0.3 is 10.4 Å². The molecule has 1 unspecified atom stereocenters. The van der Waals surface area contributed by atoms with Crippen LogP contribution in [-0.2, 0) is 4.79 Å². The number of carboxylic acid groups (broad SMARTS) is 1. The van der Waals surface area contributed by atoms with E-state index in [-0.39, 0.29) is 0 Å². The Hall–Kier alpha value is -1.33. The summed E-state index contributed by atoms with van der Waals surface area (Å²) in [6.07, 6.45) is 0. The van der Waals surface area contributed by atoms with Gasteiger partial charge in [0, 0.05) is 14.6 Å². The Morgan fingerprint density at radius 1 is 1.05 bits per heavy atom. The molecule has 2 rings (SSSR count). The highest BCUT2D eigenvalue weighted by Crippen LogP contribution is 2.27. The molecule has 19 heavy (non-hydrogen) atoms. The van der Waals surface area contributed by atoms with E-state index in [1.807, 2.05) is 42.5 Å². The average molecular weight is 385 g/mol. The van der Waals surface area contributed by atoms with Gasteiger partial charge in [0.15, 0.2) is 6.04 Å². The number of halogens is 2. The molecular formula is C14H11Br2NO2. The van der Waals surface area contributed by atoms with Gasteiger partial charge in [0.2, 0.25) is 0 Å². The highest BCUT2D eigenvalue weighted by molar-refractivity contribution is 9.10. The lowest BCUT2D eigenvalue weighted by atomic mass is 10.1. The molecule has 0 radical (unpaired) electrons. The zero-order chi connectivity index (χ0) is 13.8. The Labute approximate surface area is 127 Å². The molecule has 98 valence electrons. The Morgan fingerprint density at radius 3 is 2.26 bits per heavy atom. The van der Waals surface area contributed by atoms with Crippen LogP contribution in [0.3, 0.4) is 0 Å². The summed E-state index contributed by atoms with van der Waals surface area (Å²) in [5, 5.41) is 12.4. The van der Waals surface area contributed by atoms with E-state index in [1.165, 1.54) is 0 Å². The van der Waals surface area contributed by atoms with Gasteiger partial charge in [-0.1, -0.05) is 50.1 Å². The summed E-state index contributed by atoms with van der Waals surface area (Å²) in [6, 6.07) is 13.9. The van der Waals surface area contributed by atoms with E-state index in [4.69, 9.17) is 0 Å². The number of carboxylic acids is 1. The summed E-state index contributed by atoms with van der Waals surface area (Å²) in [7, 11) is 0. The van der Waals surface area contributed by atoms with Gasteiger partial charge >= 0.3 is 5.97 Å². The molecule has 2 aromatic rings. The van der Waals surface area contributed by atoms with Crippen molar-refractivity contribution in [3.05, 3.63) is 63.0 Å². The van der Waals surface area contributed by atoms with Crippen LogP contribution in [0.5, 0.6) is 0 Å². The quantitative estimate of drug-likeness (QED) is 0.818. The van der Waals surface area contributed by atoms with Crippen LogP contribution in [0.25, 0.3) is 0 Å². The molecule has 0 heterocycles. The van der Waals surface area contributed by atoms with Crippen molar-refractivity contribution in [1.82, 2.24) is 0 Å². The molecule has 0 saturated carbocycles. The minimum Gasteiger partial charge on any atom is -0.479 e. The van der Waals surface area contributed by atoms with Gasteiger partial charge in [-0.25, -0.2) is 4.79 Å². The van der Waals surface area contributed by atoms with Gasteiger partial charge in [-0.3, -0.25) is 0 Å². The molecule has 0 aliphatic heterocycles. The number of anilines is 1. The van der Waals surface area contributed by atoms with Crippen LogP contribution in [0.2, 0.25) is 0 Å². The van der Waals surface area contributed by atoms with Gasteiger partial charge in [-0.05, 0) is 35.9 Å². The molecule has 3 nitrogen and oxygen atoms in total. The van der Waals surface area contributed by atoms with Gasteiger partial charge in [0.05, 0.1) is 0 Å². The van der Waals surface area contributed by atoms with E-state index in [9.17, 15) is 9.90 Å². The molecule has 2 aromatic carbocycles. The first-order valence-corrected chi connectivity index (χ1v) is 7.16. The fraction of sp³-hybridized carbons (Fsp3) is 0.0714. The molecule has 0 amide bonds. The van der Waals surface area contributed by atoms with Crippen LogP contribution in [0, 0.1) is 0 Å². The molecule has 0 aromatic heterocycles. The van der Waals surface area contributed by atoms with E-state index >= 15 is 0 Å². The molecular weight excluding hydrogens is 374 g/mol. The molecule has 0 spiro atoms. The molecule has 0 fully saturated rings. The number of nitrogens with one attached hydrogen (secondary N) is 1. The highest BCUT2D eigenvalue weighted by atomic mass is 79.9. The maximum absolute atomic E-state index is 11.4. The van der Waals surface area contributed by atoms with Crippen molar-refractivity contribution >= 4 is 43.5 Å². The predicted octanol–water partition coefficient (Wildman–Crippen LogP) is 4.45. The molecule has 5 heteroatoms. The van der Waals surface area contributed by atoms with Crippen molar-refractivity contribution in [2.75, 3.05) is 5.32 Å². The maximum atomic E-state index is 11.4. The standard InChI is InChI=1S/C14H11Br2NO2/c15-9-5-7-10(8-6-9)17-13(14(18)19)11-3-1-2-4-12(11)16/h1-8,13,17H,(H,18,19). The van der Waals surface area contributed by atoms with Crippen LogP contribution in [0.15, 0.2) is 57.5 Å². The Kier molecular flexibility index (Phi) is 4.61. The molecule has 0 saturated heterocycles. The van der Waals surface area contributed by atoms with Crippen LogP contribution < -0.4 is 5.32 Å². The van der Waals surface area contributed by atoms with Crippen molar-refractivity contribution in [3.8, 4) is 0 Å². The fourth-order valence-corrected chi connectivity index (χ4v) is 2.47. The van der Waals surface area contributed by atoms with Crippen molar-refractivity contribution in [2.24, 2.45) is 0 Å². The van der Waals surface area contributed by atoms with Gasteiger partial charge in [0.25, 0.3) is 0 Å². The van der Waals surface area contributed by atoms with Gasteiger partial charge in [0.1, 0.15) is 0 Å². The van der Waals surface area contributed by atoms with Crippen molar-refractivity contribution in [3.63, 3.8) is 0 Å².